The lowest BCUT2D eigenvalue weighted by molar-refractivity contribution is 0.102. The van der Waals surface area contributed by atoms with Crippen molar-refractivity contribution in [3.8, 4) is 11.8 Å². The van der Waals surface area contributed by atoms with E-state index in [-0.39, 0.29) is 18.3 Å². The van der Waals surface area contributed by atoms with E-state index in [1.807, 2.05) is 0 Å². The standard InChI is InChI=1S/C16H13FN2O2/c1-11-12(5-3-9-20)4-2-6-14(11)16(21)19-15-8-7-13(17)10-18-15/h2,4,6-8,10,20H,9H2,1H3,(H,18,19,21). The summed E-state index contributed by atoms with van der Waals surface area (Å²) >= 11 is 0. The molecule has 0 aliphatic carbocycles. The van der Waals surface area contributed by atoms with Gasteiger partial charge in [0, 0.05) is 11.1 Å². The van der Waals surface area contributed by atoms with E-state index in [1.54, 1.807) is 25.1 Å². The molecule has 4 nitrogen and oxygen atoms in total. The molecule has 21 heavy (non-hydrogen) atoms. The number of pyridine rings is 1. The van der Waals surface area contributed by atoms with Crippen LogP contribution in [-0.2, 0) is 0 Å². The van der Waals surface area contributed by atoms with Gasteiger partial charge in [0.05, 0.1) is 6.20 Å². The number of aliphatic hydroxyl groups is 1. The lowest BCUT2D eigenvalue weighted by atomic mass is 10.0. The number of anilines is 1. The number of carbonyl (C=O) groups is 1. The summed E-state index contributed by atoms with van der Waals surface area (Å²) < 4.78 is 12.8. The number of aromatic nitrogens is 1. The third-order valence-electron chi connectivity index (χ3n) is 2.85. The predicted octanol–water partition coefficient (Wildman–Crippen LogP) is 2.13. The smallest absolute Gasteiger partial charge is 0.257 e. The van der Waals surface area contributed by atoms with Crippen molar-refractivity contribution in [3.63, 3.8) is 0 Å². The normalized spacial score (nSPS) is 9.67. The van der Waals surface area contributed by atoms with Crippen LogP contribution >= 0.6 is 0 Å². The lowest BCUT2D eigenvalue weighted by Gasteiger charge is -2.08. The largest absolute Gasteiger partial charge is 0.384 e. The van der Waals surface area contributed by atoms with Gasteiger partial charge in [-0.25, -0.2) is 9.37 Å². The summed E-state index contributed by atoms with van der Waals surface area (Å²) in [4.78, 5) is 16.0. The Kier molecular flexibility index (Phi) is 4.64. The second-order valence-electron chi connectivity index (χ2n) is 4.25. The molecule has 0 atom stereocenters. The fraction of sp³-hybridized carbons (Fsp3) is 0.125. The molecular weight excluding hydrogens is 271 g/mol. The van der Waals surface area contributed by atoms with Gasteiger partial charge in [-0.2, -0.15) is 0 Å². The fourth-order valence-electron chi connectivity index (χ4n) is 1.79. The van der Waals surface area contributed by atoms with Crippen molar-refractivity contribution in [1.82, 2.24) is 4.98 Å². The Morgan fingerprint density at radius 1 is 1.38 bits per heavy atom. The first-order chi connectivity index (χ1) is 10.1. The van der Waals surface area contributed by atoms with Crippen LogP contribution < -0.4 is 5.32 Å². The van der Waals surface area contributed by atoms with E-state index in [4.69, 9.17) is 5.11 Å². The zero-order chi connectivity index (χ0) is 15.2. The van der Waals surface area contributed by atoms with Crippen molar-refractivity contribution in [1.29, 1.82) is 0 Å². The van der Waals surface area contributed by atoms with E-state index >= 15 is 0 Å². The highest BCUT2D eigenvalue weighted by atomic mass is 19.1. The van der Waals surface area contributed by atoms with Crippen LogP contribution in [0.2, 0.25) is 0 Å². The second-order valence-corrected chi connectivity index (χ2v) is 4.25. The molecule has 2 aromatic rings. The summed E-state index contributed by atoms with van der Waals surface area (Å²) in [5.41, 5.74) is 1.83. The van der Waals surface area contributed by atoms with Gasteiger partial charge in [0.1, 0.15) is 18.2 Å². The minimum Gasteiger partial charge on any atom is -0.384 e. The van der Waals surface area contributed by atoms with Crippen molar-refractivity contribution in [2.75, 3.05) is 11.9 Å². The third kappa shape index (κ3) is 3.65. The average molecular weight is 284 g/mol. The number of nitrogens with zero attached hydrogens (tertiary/aromatic N) is 1. The van der Waals surface area contributed by atoms with Crippen molar-refractivity contribution in [2.24, 2.45) is 0 Å². The number of benzene rings is 1. The molecule has 0 radical (unpaired) electrons. The van der Waals surface area contributed by atoms with Crippen LogP contribution in [0, 0.1) is 24.6 Å². The highest BCUT2D eigenvalue weighted by Gasteiger charge is 2.11. The topological polar surface area (TPSA) is 62.2 Å². The number of aliphatic hydroxyl groups excluding tert-OH is 1. The van der Waals surface area contributed by atoms with Gasteiger partial charge in [0.15, 0.2) is 0 Å². The van der Waals surface area contributed by atoms with Crippen LogP contribution in [0.4, 0.5) is 10.2 Å². The molecule has 0 spiro atoms. The summed E-state index contributed by atoms with van der Waals surface area (Å²) in [5, 5.41) is 11.3. The molecule has 0 saturated carbocycles. The van der Waals surface area contributed by atoms with Crippen LogP contribution in [0.15, 0.2) is 36.5 Å². The highest BCUT2D eigenvalue weighted by Crippen LogP contribution is 2.15. The summed E-state index contributed by atoms with van der Waals surface area (Å²) in [6.45, 7) is 1.53. The summed E-state index contributed by atoms with van der Waals surface area (Å²) in [6.07, 6.45) is 1.03. The maximum atomic E-state index is 12.8. The first kappa shape index (κ1) is 14.7. The third-order valence-corrected chi connectivity index (χ3v) is 2.85. The van der Waals surface area contributed by atoms with Gasteiger partial charge in [0.2, 0.25) is 0 Å². The van der Waals surface area contributed by atoms with Gasteiger partial charge in [-0.3, -0.25) is 4.79 Å². The Bertz CT molecular complexity index is 715. The number of amides is 1. The first-order valence-corrected chi connectivity index (χ1v) is 6.24. The molecule has 1 aromatic heterocycles. The number of hydrogen-bond donors (Lipinski definition) is 2. The van der Waals surface area contributed by atoms with E-state index in [0.29, 0.717) is 16.7 Å². The molecular formula is C16H13FN2O2. The Morgan fingerprint density at radius 3 is 2.86 bits per heavy atom. The van der Waals surface area contributed by atoms with Gasteiger partial charge >= 0.3 is 0 Å². The maximum Gasteiger partial charge on any atom is 0.257 e. The molecule has 0 unspecified atom stereocenters. The molecule has 5 heteroatoms. The maximum absolute atomic E-state index is 12.8. The monoisotopic (exact) mass is 284 g/mol. The van der Waals surface area contributed by atoms with Gasteiger partial charge in [-0.1, -0.05) is 17.9 Å². The van der Waals surface area contributed by atoms with E-state index in [9.17, 15) is 9.18 Å². The first-order valence-electron chi connectivity index (χ1n) is 6.24. The molecule has 1 amide bonds. The minimum atomic E-state index is -0.467. The average Bonchev–Trinajstić information content (AvgIpc) is 2.48. The van der Waals surface area contributed by atoms with E-state index in [1.165, 1.54) is 12.1 Å². The van der Waals surface area contributed by atoms with Gasteiger partial charge in [-0.15, -0.1) is 0 Å². The second kappa shape index (κ2) is 6.64. The lowest BCUT2D eigenvalue weighted by Crippen LogP contribution is -2.14. The molecule has 2 N–H and O–H groups in total. The molecule has 1 heterocycles. The van der Waals surface area contributed by atoms with E-state index in [0.717, 1.165) is 6.20 Å². The molecule has 0 aliphatic heterocycles. The van der Waals surface area contributed by atoms with Gasteiger partial charge in [0.25, 0.3) is 5.91 Å². The van der Waals surface area contributed by atoms with Crippen LogP contribution in [0.25, 0.3) is 0 Å². The van der Waals surface area contributed by atoms with Crippen molar-refractivity contribution in [2.45, 2.75) is 6.92 Å². The van der Waals surface area contributed by atoms with E-state index in [2.05, 4.69) is 22.1 Å². The Labute approximate surface area is 121 Å². The molecule has 1 aromatic carbocycles. The predicted molar refractivity (Wildman–Crippen MR) is 77.3 cm³/mol. The van der Waals surface area contributed by atoms with Gasteiger partial charge in [-0.05, 0) is 36.8 Å². The number of carbonyl (C=O) groups excluding carboxylic acids is 1. The molecule has 0 fully saturated rings. The molecule has 0 saturated heterocycles. The summed E-state index contributed by atoms with van der Waals surface area (Å²) in [6, 6.07) is 7.75. The van der Waals surface area contributed by atoms with Crippen molar-refractivity contribution in [3.05, 3.63) is 59.0 Å². The van der Waals surface area contributed by atoms with Crippen molar-refractivity contribution >= 4 is 11.7 Å². The Balaban J connectivity index is 2.25. The van der Waals surface area contributed by atoms with Crippen molar-refractivity contribution < 1.29 is 14.3 Å². The molecule has 0 aliphatic rings. The number of halogens is 1. The van der Waals surface area contributed by atoms with E-state index < -0.39 is 5.82 Å². The number of nitrogens with one attached hydrogen (secondary N) is 1. The molecule has 0 bridgehead atoms. The molecule has 2 rings (SSSR count). The SMILES string of the molecule is Cc1c(C#CCO)cccc1C(=O)Nc1ccc(F)cn1. The van der Waals surface area contributed by atoms with Crippen LogP contribution in [0.1, 0.15) is 21.5 Å². The van der Waals surface area contributed by atoms with Crippen LogP contribution in [0.5, 0.6) is 0 Å². The van der Waals surface area contributed by atoms with Gasteiger partial charge < -0.3 is 10.4 Å². The number of hydrogen-bond acceptors (Lipinski definition) is 3. The Morgan fingerprint density at radius 2 is 2.19 bits per heavy atom. The fourth-order valence-corrected chi connectivity index (χ4v) is 1.79. The van der Waals surface area contributed by atoms with Crippen LogP contribution in [-0.4, -0.2) is 22.6 Å². The minimum absolute atomic E-state index is 0.241. The zero-order valence-corrected chi connectivity index (χ0v) is 11.4. The molecule has 106 valence electrons. The zero-order valence-electron chi connectivity index (χ0n) is 11.4. The summed E-state index contributed by atoms with van der Waals surface area (Å²) in [5.74, 6) is 4.79. The summed E-state index contributed by atoms with van der Waals surface area (Å²) in [7, 11) is 0. The van der Waals surface area contributed by atoms with Crippen LogP contribution in [0.3, 0.4) is 0 Å². The Hall–Kier alpha value is -2.71. The highest BCUT2D eigenvalue weighted by molar-refractivity contribution is 6.05. The number of rotatable bonds is 2. The quantitative estimate of drug-likeness (QED) is 0.830.